The molecule has 1 N–H and O–H groups in total. The Balaban J connectivity index is 3.26. The van der Waals surface area contributed by atoms with E-state index in [1.165, 1.54) is 18.6 Å². The first kappa shape index (κ1) is 21.7. The van der Waals surface area contributed by atoms with Crippen molar-refractivity contribution in [2.75, 3.05) is 24.8 Å². The van der Waals surface area contributed by atoms with Crippen LogP contribution in [-0.4, -0.2) is 30.8 Å². The molecule has 0 aliphatic carbocycles. The summed E-state index contributed by atoms with van der Waals surface area (Å²) >= 11 is 0. The highest BCUT2D eigenvalue weighted by Crippen LogP contribution is 2.23. The maximum Gasteiger partial charge on any atom is 0.220 e. The predicted molar refractivity (Wildman–Crippen MR) is 99.8 cm³/mol. The van der Waals surface area contributed by atoms with Gasteiger partial charge in [-0.2, -0.15) is 0 Å². The van der Waals surface area contributed by atoms with Crippen molar-refractivity contribution < 1.29 is 9.53 Å². The molecule has 3 nitrogen and oxygen atoms in total. The van der Waals surface area contributed by atoms with E-state index in [-0.39, 0.29) is 5.91 Å². The molecule has 0 rings (SSSR count). The van der Waals surface area contributed by atoms with Gasteiger partial charge in [0, 0.05) is 24.7 Å². The lowest BCUT2D eigenvalue weighted by atomic mass is 10.1. The third-order valence-electron chi connectivity index (χ3n) is 2.68. The highest BCUT2D eigenvalue weighted by Gasteiger charge is 2.00. The fourth-order valence-corrected chi connectivity index (χ4v) is 3.33. The summed E-state index contributed by atoms with van der Waals surface area (Å²) in [5, 5.41) is 2.79. The maximum absolute atomic E-state index is 11.5. The van der Waals surface area contributed by atoms with E-state index in [9.17, 15) is 4.79 Å². The molecule has 128 valence electrons. The van der Waals surface area contributed by atoms with Crippen molar-refractivity contribution in [3.8, 4) is 11.8 Å². The molecular formula is C17H31NO2S2. The average Bonchev–Trinajstić information content (AvgIpc) is 2.45. The summed E-state index contributed by atoms with van der Waals surface area (Å²) in [7, 11) is 3.63. The quantitative estimate of drug-likeness (QED) is 0.247. The van der Waals surface area contributed by atoms with Crippen molar-refractivity contribution in [2.24, 2.45) is 11.8 Å². The van der Waals surface area contributed by atoms with Crippen molar-refractivity contribution >= 4 is 27.5 Å². The zero-order valence-corrected chi connectivity index (χ0v) is 16.1. The predicted octanol–water partition coefficient (Wildman–Crippen LogP) is 4.33. The normalized spacial score (nSPS) is 10.6. The standard InChI is InChI=1S/C17H31NO2S2/c1-15(2)8-5-11-18-17(19)10-6-12-20-14-22-21-13-7-9-16(3)4/h15-16H,6-7,9-14H2,1-4H3,(H,18,19). The molecule has 0 atom stereocenters. The summed E-state index contributed by atoms with van der Waals surface area (Å²) in [5.41, 5.74) is 0. The molecule has 0 aromatic carbocycles. The molecule has 0 aromatic rings. The Hall–Kier alpha value is -0.310. The summed E-state index contributed by atoms with van der Waals surface area (Å²) in [4.78, 5) is 11.5. The van der Waals surface area contributed by atoms with Crippen molar-refractivity contribution in [1.82, 2.24) is 5.32 Å². The van der Waals surface area contributed by atoms with Gasteiger partial charge in [-0.05, 0) is 18.8 Å². The van der Waals surface area contributed by atoms with Gasteiger partial charge in [-0.1, -0.05) is 67.5 Å². The van der Waals surface area contributed by atoms with Crippen LogP contribution < -0.4 is 5.32 Å². The van der Waals surface area contributed by atoms with E-state index >= 15 is 0 Å². The Morgan fingerprint density at radius 3 is 2.64 bits per heavy atom. The molecule has 0 radical (unpaired) electrons. The molecule has 0 fully saturated rings. The molecule has 22 heavy (non-hydrogen) atoms. The van der Waals surface area contributed by atoms with Crippen LogP contribution in [0.5, 0.6) is 0 Å². The minimum Gasteiger partial charge on any atom is -0.370 e. The van der Waals surface area contributed by atoms with Crippen molar-refractivity contribution in [3.05, 3.63) is 0 Å². The summed E-state index contributed by atoms with van der Waals surface area (Å²) in [6.45, 7) is 9.67. The summed E-state index contributed by atoms with van der Waals surface area (Å²) < 4.78 is 5.50. The number of nitrogens with one attached hydrogen (secondary N) is 1. The number of hydrogen-bond donors (Lipinski definition) is 1. The van der Waals surface area contributed by atoms with Crippen LogP contribution in [0.4, 0.5) is 0 Å². The number of hydrogen-bond acceptors (Lipinski definition) is 4. The van der Waals surface area contributed by atoms with Crippen LogP contribution in [0.3, 0.4) is 0 Å². The van der Waals surface area contributed by atoms with Crippen molar-refractivity contribution in [3.63, 3.8) is 0 Å². The molecule has 0 aliphatic heterocycles. The van der Waals surface area contributed by atoms with Gasteiger partial charge in [0.25, 0.3) is 0 Å². The van der Waals surface area contributed by atoms with Gasteiger partial charge in [0.05, 0.1) is 6.54 Å². The first-order valence-electron chi connectivity index (χ1n) is 8.09. The minimum absolute atomic E-state index is 0.0531. The van der Waals surface area contributed by atoms with E-state index in [1.54, 1.807) is 10.8 Å². The topological polar surface area (TPSA) is 38.3 Å². The van der Waals surface area contributed by atoms with Gasteiger partial charge < -0.3 is 10.1 Å². The average molecular weight is 346 g/mol. The van der Waals surface area contributed by atoms with Gasteiger partial charge in [-0.25, -0.2) is 0 Å². The zero-order valence-electron chi connectivity index (χ0n) is 14.4. The van der Waals surface area contributed by atoms with Crippen LogP contribution in [-0.2, 0) is 9.53 Å². The molecule has 0 spiro atoms. The van der Waals surface area contributed by atoms with Crippen LogP contribution in [0.15, 0.2) is 0 Å². The van der Waals surface area contributed by atoms with Crippen LogP contribution >= 0.6 is 21.6 Å². The molecule has 0 aromatic heterocycles. The van der Waals surface area contributed by atoms with E-state index in [2.05, 4.69) is 31.0 Å². The summed E-state index contributed by atoms with van der Waals surface area (Å²) in [6, 6.07) is 0. The fourth-order valence-electron chi connectivity index (χ4n) is 1.56. The van der Waals surface area contributed by atoms with Gasteiger partial charge in [-0.3, -0.25) is 4.79 Å². The number of amides is 1. The van der Waals surface area contributed by atoms with E-state index in [0.717, 1.165) is 12.3 Å². The Labute approximate surface area is 144 Å². The van der Waals surface area contributed by atoms with Gasteiger partial charge in [0.2, 0.25) is 5.91 Å². The van der Waals surface area contributed by atoms with Crippen LogP contribution in [0, 0.1) is 23.7 Å². The maximum atomic E-state index is 11.5. The second kappa shape index (κ2) is 15.6. The third-order valence-corrected chi connectivity index (χ3v) is 4.85. The lowest BCUT2D eigenvalue weighted by Gasteiger charge is -2.05. The SMILES string of the molecule is CC(C)C#CCNC(=O)CCCOCSSCCCC(C)C. The van der Waals surface area contributed by atoms with E-state index in [4.69, 9.17) is 4.74 Å². The van der Waals surface area contributed by atoms with Crippen molar-refractivity contribution in [2.45, 2.75) is 53.4 Å². The van der Waals surface area contributed by atoms with Gasteiger partial charge in [0.1, 0.15) is 5.94 Å². The van der Waals surface area contributed by atoms with Gasteiger partial charge in [0.15, 0.2) is 0 Å². The Bertz CT molecular complexity index is 335. The highest BCUT2D eigenvalue weighted by atomic mass is 33.1. The number of carbonyl (C=O) groups excluding carboxylic acids is 1. The molecular weight excluding hydrogens is 314 g/mol. The lowest BCUT2D eigenvalue weighted by Crippen LogP contribution is -2.23. The number of carbonyl (C=O) groups is 1. The Morgan fingerprint density at radius 2 is 1.95 bits per heavy atom. The van der Waals surface area contributed by atoms with E-state index in [0.29, 0.717) is 31.4 Å². The summed E-state index contributed by atoms with van der Waals surface area (Å²) in [5.74, 6) is 9.05. The van der Waals surface area contributed by atoms with Crippen LogP contribution in [0.25, 0.3) is 0 Å². The summed E-state index contributed by atoms with van der Waals surface area (Å²) in [6.07, 6.45) is 3.85. The number of ether oxygens (including phenoxy) is 1. The number of rotatable bonds is 12. The zero-order chi connectivity index (χ0) is 16.6. The molecule has 0 heterocycles. The minimum atomic E-state index is 0.0531. The second-order valence-electron chi connectivity index (χ2n) is 5.86. The van der Waals surface area contributed by atoms with Gasteiger partial charge in [-0.15, -0.1) is 0 Å². The van der Waals surface area contributed by atoms with Gasteiger partial charge >= 0.3 is 0 Å². The van der Waals surface area contributed by atoms with Crippen LogP contribution in [0.1, 0.15) is 53.4 Å². The Morgan fingerprint density at radius 1 is 1.18 bits per heavy atom. The largest absolute Gasteiger partial charge is 0.370 e. The van der Waals surface area contributed by atoms with Crippen LogP contribution in [0.2, 0.25) is 0 Å². The molecule has 0 aliphatic rings. The second-order valence-corrected chi connectivity index (χ2v) is 8.39. The monoisotopic (exact) mass is 345 g/mol. The van der Waals surface area contributed by atoms with E-state index < -0.39 is 0 Å². The Kier molecular flexibility index (Phi) is 15.4. The molecule has 5 heteroatoms. The van der Waals surface area contributed by atoms with E-state index in [1.807, 2.05) is 24.6 Å². The lowest BCUT2D eigenvalue weighted by molar-refractivity contribution is -0.121. The third kappa shape index (κ3) is 17.7. The molecule has 0 saturated heterocycles. The first-order valence-corrected chi connectivity index (χ1v) is 10.6. The smallest absolute Gasteiger partial charge is 0.220 e. The molecule has 0 unspecified atom stereocenters. The molecule has 0 bridgehead atoms. The molecule has 0 saturated carbocycles. The molecule has 1 amide bonds. The fraction of sp³-hybridized carbons (Fsp3) is 0.824. The first-order chi connectivity index (χ1) is 10.5. The highest BCUT2D eigenvalue weighted by molar-refractivity contribution is 8.76. The van der Waals surface area contributed by atoms with Crippen molar-refractivity contribution in [1.29, 1.82) is 0 Å².